The van der Waals surface area contributed by atoms with Gasteiger partial charge in [-0.1, -0.05) is 0 Å². The molecule has 2 N–H and O–H groups in total. The topological polar surface area (TPSA) is 41.5 Å². The van der Waals surface area contributed by atoms with Crippen LogP contribution in [0.3, 0.4) is 0 Å². The fourth-order valence-corrected chi connectivity index (χ4v) is 0.641. The zero-order valence-corrected chi connectivity index (χ0v) is 7.85. The third-order valence-corrected chi connectivity index (χ3v) is 1.15. The van der Waals surface area contributed by atoms with E-state index in [1.54, 1.807) is 7.05 Å². The maximum atomic E-state index is 9.22. The number of aliphatic hydroxyl groups excluding tert-OH is 1. The molecule has 0 aliphatic carbocycles. The van der Waals surface area contributed by atoms with Crippen molar-refractivity contribution in [1.82, 2.24) is 5.32 Å². The molecule has 0 aliphatic heterocycles. The van der Waals surface area contributed by atoms with Gasteiger partial charge in [-0.05, 0) is 27.8 Å². The van der Waals surface area contributed by atoms with Crippen molar-refractivity contribution in [2.45, 2.75) is 32.5 Å². The van der Waals surface area contributed by atoms with Gasteiger partial charge in [-0.15, -0.1) is 0 Å². The minimum absolute atomic E-state index is 0.158. The number of likely N-dealkylation sites (N-methyl/N-ethyl adjacent to an activating group) is 1. The van der Waals surface area contributed by atoms with Crippen molar-refractivity contribution in [3.05, 3.63) is 0 Å². The summed E-state index contributed by atoms with van der Waals surface area (Å²) in [6.07, 6.45) is -0.403. The van der Waals surface area contributed by atoms with Crippen LogP contribution >= 0.6 is 0 Å². The summed E-state index contributed by atoms with van der Waals surface area (Å²) in [7, 11) is 1.81. The second-order valence-corrected chi connectivity index (χ2v) is 3.63. The number of ether oxygens (including phenoxy) is 1. The summed E-state index contributed by atoms with van der Waals surface area (Å²) < 4.78 is 5.35. The van der Waals surface area contributed by atoms with Crippen LogP contribution in [0.15, 0.2) is 0 Å². The fourth-order valence-electron chi connectivity index (χ4n) is 0.641. The summed E-state index contributed by atoms with van der Waals surface area (Å²) in [6, 6.07) is 0. The van der Waals surface area contributed by atoms with E-state index in [1.807, 2.05) is 20.8 Å². The molecular formula is C8H19NO2. The van der Waals surface area contributed by atoms with E-state index in [-0.39, 0.29) is 5.60 Å². The Balaban J connectivity index is 3.38. The number of nitrogens with one attached hydrogen (secondary N) is 1. The molecule has 0 spiro atoms. The molecule has 0 fully saturated rings. The highest BCUT2D eigenvalue weighted by Gasteiger charge is 2.12. The Bertz CT molecular complexity index is 98.8. The molecule has 11 heavy (non-hydrogen) atoms. The van der Waals surface area contributed by atoms with Gasteiger partial charge >= 0.3 is 0 Å². The van der Waals surface area contributed by atoms with Gasteiger partial charge < -0.3 is 15.2 Å². The van der Waals surface area contributed by atoms with Crippen molar-refractivity contribution in [2.24, 2.45) is 0 Å². The minimum atomic E-state index is -0.403. The van der Waals surface area contributed by atoms with Gasteiger partial charge in [0.05, 0.1) is 18.3 Å². The molecule has 0 radical (unpaired) electrons. The largest absolute Gasteiger partial charge is 0.389 e. The highest BCUT2D eigenvalue weighted by molar-refractivity contribution is 4.62. The van der Waals surface area contributed by atoms with Crippen LogP contribution < -0.4 is 5.32 Å². The SMILES string of the molecule is CNC[C@@H](O)COC(C)(C)C. The highest BCUT2D eigenvalue weighted by atomic mass is 16.5. The molecule has 3 nitrogen and oxygen atoms in total. The van der Waals surface area contributed by atoms with Crippen molar-refractivity contribution in [2.75, 3.05) is 20.2 Å². The molecule has 0 saturated heterocycles. The molecule has 0 aromatic heterocycles. The van der Waals surface area contributed by atoms with Crippen molar-refractivity contribution in [1.29, 1.82) is 0 Å². The Morgan fingerprint density at radius 1 is 1.45 bits per heavy atom. The Morgan fingerprint density at radius 3 is 2.36 bits per heavy atom. The molecule has 0 aromatic carbocycles. The molecule has 0 amide bonds. The summed E-state index contributed by atoms with van der Waals surface area (Å²) in [5.74, 6) is 0. The smallest absolute Gasteiger partial charge is 0.0897 e. The first-order valence-corrected chi connectivity index (χ1v) is 3.92. The van der Waals surface area contributed by atoms with Crippen LogP contribution in [0.1, 0.15) is 20.8 Å². The summed E-state index contributed by atoms with van der Waals surface area (Å²) in [5, 5.41) is 12.1. The summed E-state index contributed by atoms with van der Waals surface area (Å²) >= 11 is 0. The van der Waals surface area contributed by atoms with Gasteiger partial charge in [0.15, 0.2) is 0 Å². The van der Waals surface area contributed by atoms with Crippen LogP contribution in [0.25, 0.3) is 0 Å². The molecule has 0 unspecified atom stereocenters. The molecule has 3 heteroatoms. The van der Waals surface area contributed by atoms with Crippen molar-refractivity contribution < 1.29 is 9.84 Å². The monoisotopic (exact) mass is 161 g/mol. The van der Waals surface area contributed by atoms with Gasteiger partial charge in [0.1, 0.15) is 0 Å². The van der Waals surface area contributed by atoms with Gasteiger partial charge in [-0.25, -0.2) is 0 Å². The molecule has 0 bridgehead atoms. The Labute approximate surface area is 68.8 Å². The first-order chi connectivity index (χ1) is 4.95. The van der Waals surface area contributed by atoms with E-state index in [4.69, 9.17) is 4.74 Å². The number of rotatable bonds is 4. The lowest BCUT2D eigenvalue weighted by molar-refractivity contribution is -0.0474. The van der Waals surface area contributed by atoms with Crippen molar-refractivity contribution >= 4 is 0 Å². The Kier molecular flexibility index (Phi) is 4.65. The highest BCUT2D eigenvalue weighted by Crippen LogP contribution is 2.06. The number of hydrogen-bond donors (Lipinski definition) is 2. The Hall–Kier alpha value is -0.120. The number of aliphatic hydroxyl groups is 1. The van der Waals surface area contributed by atoms with E-state index in [2.05, 4.69) is 5.32 Å². The molecule has 0 aliphatic rings. The molecule has 68 valence electrons. The quantitative estimate of drug-likeness (QED) is 0.626. The average Bonchev–Trinajstić information content (AvgIpc) is 1.83. The normalized spacial score (nSPS) is 15.0. The Morgan fingerprint density at radius 2 is 2.00 bits per heavy atom. The van der Waals surface area contributed by atoms with Gasteiger partial charge in [0.2, 0.25) is 0 Å². The predicted molar refractivity (Wildman–Crippen MR) is 45.6 cm³/mol. The molecule has 0 aromatic rings. The zero-order chi connectivity index (χ0) is 8.91. The van der Waals surface area contributed by atoms with Crippen LogP contribution in [0.4, 0.5) is 0 Å². The van der Waals surface area contributed by atoms with Gasteiger partial charge in [0.25, 0.3) is 0 Å². The first kappa shape index (κ1) is 10.9. The van der Waals surface area contributed by atoms with Crippen molar-refractivity contribution in [3.8, 4) is 0 Å². The van der Waals surface area contributed by atoms with Crippen molar-refractivity contribution in [3.63, 3.8) is 0 Å². The first-order valence-electron chi connectivity index (χ1n) is 3.92. The molecule has 1 atom stereocenters. The summed E-state index contributed by atoms with van der Waals surface area (Å²) in [5.41, 5.74) is -0.158. The standard InChI is InChI=1S/C8H19NO2/c1-8(2,3)11-6-7(10)5-9-4/h7,9-10H,5-6H2,1-4H3/t7-/m1/s1. The summed E-state index contributed by atoms with van der Waals surface area (Å²) in [6.45, 7) is 6.89. The lowest BCUT2D eigenvalue weighted by Crippen LogP contribution is -2.32. The zero-order valence-electron chi connectivity index (χ0n) is 7.85. The minimum Gasteiger partial charge on any atom is -0.389 e. The van der Waals surface area contributed by atoms with E-state index in [9.17, 15) is 5.11 Å². The van der Waals surface area contributed by atoms with Gasteiger partial charge in [-0.2, -0.15) is 0 Å². The maximum absolute atomic E-state index is 9.22. The second-order valence-electron chi connectivity index (χ2n) is 3.63. The predicted octanol–water partition coefficient (Wildman–Crippen LogP) is 0.382. The van der Waals surface area contributed by atoms with Gasteiger partial charge in [0, 0.05) is 6.54 Å². The van der Waals surface area contributed by atoms with E-state index in [0.717, 1.165) is 0 Å². The third kappa shape index (κ3) is 7.78. The molecule has 0 heterocycles. The second kappa shape index (κ2) is 4.70. The van der Waals surface area contributed by atoms with E-state index >= 15 is 0 Å². The van der Waals surface area contributed by atoms with E-state index < -0.39 is 6.10 Å². The van der Waals surface area contributed by atoms with Crippen LogP contribution in [0, 0.1) is 0 Å². The van der Waals surface area contributed by atoms with E-state index in [0.29, 0.717) is 13.2 Å². The molecular weight excluding hydrogens is 142 g/mol. The summed E-state index contributed by atoms with van der Waals surface area (Å²) in [4.78, 5) is 0. The maximum Gasteiger partial charge on any atom is 0.0897 e. The lowest BCUT2D eigenvalue weighted by Gasteiger charge is -2.21. The molecule has 0 rings (SSSR count). The van der Waals surface area contributed by atoms with Crippen LogP contribution in [0.5, 0.6) is 0 Å². The van der Waals surface area contributed by atoms with Crippen LogP contribution in [-0.4, -0.2) is 37.0 Å². The van der Waals surface area contributed by atoms with E-state index in [1.165, 1.54) is 0 Å². The molecule has 0 saturated carbocycles. The van der Waals surface area contributed by atoms with Gasteiger partial charge in [-0.3, -0.25) is 0 Å². The average molecular weight is 161 g/mol. The van der Waals surface area contributed by atoms with Crippen LogP contribution in [0.2, 0.25) is 0 Å². The number of hydrogen-bond acceptors (Lipinski definition) is 3. The van der Waals surface area contributed by atoms with Crippen LogP contribution in [-0.2, 0) is 4.74 Å². The lowest BCUT2D eigenvalue weighted by atomic mass is 10.2. The fraction of sp³-hybridized carbons (Fsp3) is 1.00. The third-order valence-electron chi connectivity index (χ3n) is 1.15.